The highest BCUT2D eigenvalue weighted by Gasteiger charge is 2.39. The van der Waals surface area contributed by atoms with Crippen LogP contribution in [-0.2, 0) is 10.9 Å². The third-order valence-electron chi connectivity index (χ3n) is 4.89. The zero-order valence-corrected chi connectivity index (χ0v) is 14.3. The Hall–Kier alpha value is -1.42. The van der Waals surface area contributed by atoms with Crippen LogP contribution < -0.4 is 5.32 Å². The fraction of sp³-hybridized carbons (Fsp3) is 0.706. The van der Waals surface area contributed by atoms with E-state index in [0.717, 1.165) is 32.0 Å². The van der Waals surface area contributed by atoms with Gasteiger partial charge >= 0.3 is 6.18 Å². The minimum Gasteiger partial charge on any atom is -0.388 e. The Morgan fingerprint density at radius 3 is 2.58 bits per heavy atom. The van der Waals surface area contributed by atoms with Crippen LogP contribution in [0.25, 0.3) is 0 Å². The number of hydrogen-bond donors (Lipinski definition) is 3. The van der Waals surface area contributed by atoms with Crippen molar-refractivity contribution in [2.45, 2.75) is 49.8 Å². The van der Waals surface area contributed by atoms with Gasteiger partial charge in [0.15, 0.2) is 0 Å². The van der Waals surface area contributed by atoms with E-state index in [9.17, 15) is 23.4 Å². The molecule has 4 atom stereocenters. The molecule has 1 aromatic heterocycles. The van der Waals surface area contributed by atoms with Crippen molar-refractivity contribution in [3.8, 4) is 0 Å². The lowest BCUT2D eigenvalue weighted by molar-refractivity contribution is -0.147. The third kappa shape index (κ3) is 4.64. The topological polar surface area (TPSA) is 77.8 Å². The number of ether oxygens (including phenoxy) is 1. The van der Waals surface area contributed by atoms with Gasteiger partial charge in [-0.2, -0.15) is 13.2 Å². The van der Waals surface area contributed by atoms with E-state index < -0.39 is 36.2 Å². The molecule has 0 bridgehead atoms. The van der Waals surface area contributed by atoms with E-state index in [1.807, 2.05) is 0 Å². The average molecular weight is 375 g/mol. The third-order valence-corrected chi connectivity index (χ3v) is 4.89. The van der Waals surface area contributed by atoms with Gasteiger partial charge in [-0.1, -0.05) is 12.5 Å². The summed E-state index contributed by atoms with van der Waals surface area (Å²) in [6.45, 7) is 2.50. The number of halogens is 3. The molecule has 0 unspecified atom stereocenters. The molecule has 2 aliphatic rings. The van der Waals surface area contributed by atoms with E-state index in [1.54, 1.807) is 0 Å². The van der Waals surface area contributed by atoms with Crippen LogP contribution >= 0.6 is 0 Å². The van der Waals surface area contributed by atoms with Gasteiger partial charge in [-0.05, 0) is 38.1 Å². The first kappa shape index (κ1) is 19.3. The van der Waals surface area contributed by atoms with Crippen molar-refractivity contribution in [3.63, 3.8) is 0 Å². The van der Waals surface area contributed by atoms with E-state index in [1.165, 1.54) is 18.6 Å². The van der Waals surface area contributed by atoms with Crippen LogP contribution in [0.4, 0.5) is 19.0 Å². The number of anilines is 1. The number of nitrogens with zero attached hydrogens (tertiary/aromatic N) is 2. The first-order valence-electron chi connectivity index (χ1n) is 8.85. The molecule has 2 saturated heterocycles. The van der Waals surface area contributed by atoms with Crippen LogP contribution in [0.3, 0.4) is 0 Å². The van der Waals surface area contributed by atoms with Crippen LogP contribution in [0.15, 0.2) is 18.2 Å². The van der Waals surface area contributed by atoms with Gasteiger partial charge in [-0.25, -0.2) is 4.98 Å². The molecule has 0 aromatic carbocycles. The molecule has 0 saturated carbocycles. The summed E-state index contributed by atoms with van der Waals surface area (Å²) in [7, 11) is 0. The Labute approximate surface area is 150 Å². The Balaban J connectivity index is 1.59. The molecule has 9 heteroatoms. The van der Waals surface area contributed by atoms with Gasteiger partial charge in [0.2, 0.25) is 0 Å². The summed E-state index contributed by atoms with van der Waals surface area (Å²) in [6.07, 6.45) is -3.92. The summed E-state index contributed by atoms with van der Waals surface area (Å²) >= 11 is 0. The minimum atomic E-state index is -4.54. The number of alkyl halides is 3. The Bertz CT molecular complexity index is 596. The molecule has 0 spiro atoms. The van der Waals surface area contributed by atoms with Crippen LogP contribution in [0.2, 0.25) is 0 Å². The van der Waals surface area contributed by atoms with E-state index in [-0.39, 0.29) is 12.4 Å². The minimum absolute atomic E-state index is 0.0193. The van der Waals surface area contributed by atoms with Crippen molar-refractivity contribution in [1.82, 2.24) is 9.88 Å². The van der Waals surface area contributed by atoms with Gasteiger partial charge in [0.1, 0.15) is 23.7 Å². The fourth-order valence-corrected chi connectivity index (χ4v) is 3.43. The summed E-state index contributed by atoms with van der Waals surface area (Å²) in [5, 5.41) is 23.5. The predicted molar refractivity (Wildman–Crippen MR) is 88.7 cm³/mol. The second-order valence-electron chi connectivity index (χ2n) is 6.87. The molecular formula is C17H24F3N3O3. The normalized spacial score (nSPS) is 31.0. The second kappa shape index (κ2) is 8.08. The Kier molecular flexibility index (Phi) is 6.01. The number of aliphatic hydroxyl groups is 2. The molecule has 0 radical (unpaired) electrons. The van der Waals surface area contributed by atoms with Crippen molar-refractivity contribution in [2.75, 3.05) is 31.6 Å². The van der Waals surface area contributed by atoms with Crippen LogP contribution in [0.1, 0.15) is 25.0 Å². The molecule has 0 amide bonds. The average Bonchev–Trinajstić information content (AvgIpc) is 2.62. The molecular weight excluding hydrogens is 351 g/mol. The Morgan fingerprint density at radius 2 is 1.88 bits per heavy atom. The van der Waals surface area contributed by atoms with Crippen LogP contribution in [0, 0.1) is 0 Å². The molecule has 2 aliphatic heterocycles. The number of nitrogens with one attached hydrogen (secondary N) is 1. The fourth-order valence-electron chi connectivity index (χ4n) is 3.43. The van der Waals surface area contributed by atoms with Gasteiger partial charge in [0, 0.05) is 6.54 Å². The highest BCUT2D eigenvalue weighted by Crippen LogP contribution is 2.28. The maximum atomic E-state index is 12.8. The summed E-state index contributed by atoms with van der Waals surface area (Å²) in [5.41, 5.74) is -1.02. The molecule has 6 nitrogen and oxygen atoms in total. The maximum absolute atomic E-state index is 12.8. The predicted octanol–water partition coefficient (Wildman–Crippen LogP) is 1.49. The second-order valence-corrected chi connectivity index (χ2v) is 6.87. The quantitative estimate of drug-likeness (QED) is 0.740. The van der Waals surface area contributed by atoms with E-state index in [2.05, 4.69) is 15.2 Å². The monoisotopic (exact) mass is 375 g/mol. The number of hydrogen-bond acceptors (Lipinski definition) is 6. The lowest BCUT2D eigenvalue weighted by Gasteiger charge is -2.40. The van der Waals surface area contributed by atoms with E-state index in [4.69, 9.17) is 4.74 Å². The van der Waals surface area contributed by atoms with Gasteiger partial charge in [-0.3, -0.25) is 0 Å². The first-order valence-corrected chi connectivity index (χ1v) is 8.85. The van der Waals surface area contributed by atoms with Crippen molar-refractivity contribution in [2.24, 2.45) is 0 Å². The standard InChI is InChI=1S/C17H24F3N3O3/c18-17(19,20)13-5-4-6-14(22-13)21-11-10-26-12(16(25)15(11)24)9-23-7-2-1-3-8-23/h4-6,11-12,15-16,24-25H,1-3,7-10H2,(H,21,22)/t11-,12+,15+,16-/m0/s1. The van der Waals surface area contributed by atoms with Gasteiger partial charge in [0.05, 0.1) is 18.8 Å². The van der Waals surface area contributed by atoms with Crippen molar-refractivity contribution in [1.29, 1.82) is 0 Å². The largest absolute Gasteiger partial charge is 0.433 e. The van der Waals surface area contributed by atoms with Crippen LogP contribution in [-0.4, -0.2) is 70.7 Å². The molecule has 146 valence electrons. The van der Waals surface area contributed by atoms with Gasteiger partial charge < -0.3 is 25.2 Å². The van der Waals surface area contributed by atoms with Gasteiger partial charge in [0.25, 0.3) is 0 Å². The molecule has 3 heterocycles. The first-order chi connectivity index (χ1) is 12.3. The highest BCUT2D eigenvalue weighted by molar-refractivity contribution is 5.37. The molecule has 0 aliphatic carbocycles. The zero-order chi connectivity index (χ0) is 18.7. The summed E-state index contributed by atoms with van der Waals surface area (Å²) in [5.74, 6) is -0.0193. The van der Waals surface area contributed by atoms with Crippen molar-refractivity contribution in [3.05, 3.63) is 23.9 Å². The van der Waals surface area contributed by atoms with E-state index in [0.29, 0.717) is 6.54 Å². The number of pyridine rings is 1. The summed E-state index contributed by atoms with van der Waals surface area (Å²) in [4.78, 5) is 5.72. The number of rotatable bonds is 4. The number of aromatic nitrogens is 1. The van der Waals surface area contributed by atoms with Crippen molar-refractivity contribution < 1.29 is 28.1 Å². The van der Waals surface area contributed by atoms with Crippen molar-refractivity contribution >= 4 is 5.82 Å². The number of aliphatic hydroxyl groups excluding tert-OH is 2. The number of likely N-dealkylation sites (tertiary alicyclic amines) is 1. The number of piperidine rings is 1. The SMILES string of the molecule is O[C@@H]1[C@H](O)[C@@H](Nc2cccc(C(F)(F)F)n2)CO[C@@H]1CN1CCCCC1. The van der Waals surface area contributed by atoms with E-state index >= 15 is 0 Å². The zero-order valence-electron chi connectivity index (χ0n) is 14.3. The smallest absolute Gasteiger partial charge is 0.388 e. The molecule has 1 aromatic rings. The molecule has 3 N–H and O–H groups in total. The van der Waals surface area contributed by atoms with Gasteiger partial charge in [-0.15, -0.1) is 0 Å². The maximum Gasteiger partial charge on any atom is 0.433 e. The lowest BCUT2D eigenvalue weighted by Crippen LogP contribution is -2.58. The molecule has 3 rings (SSSR count). The summed E-state index contributed by atoms with van der Waals surface area (Å²) in [6, 6.07) is 2.76. The lowest BCUT2D eigenvalue weighted by atomic mass is 9.97. The molecule has 26 heavy (non-hydrogen) atoms. The Morgan fingerprint density at radius 1 is 1.15 bits per heavy atom. The molecule has 2 fully saturated rings. The highest BCUT2D eigenvalue weighted by atomic mass is 19.4. The summed E-state index contributed by atoms with van der Waals surface area (Å²) < 4.78 is 43.9. The van der Waals surface area contributed by atoms with Crippen LogP contribution in [0.5, 0.6) is 0 Å².